The standard InChI is InChI=1S/C18H28N4O2/c1-2-24-18(23)22-11-3-5-16(8-14-22)21-12-6-15(7-13-21)17-19-9-4-10-20-17/h4,9-10,15-16H,2-3,5-8,11-14H2,1H3. The first-order valence-electron chi connectivity index (χ1n) is 9.20. The third-order valence-electron chi connectivity index (χ3n) is 5.22. The quantitative estimate of drug-likeness (QED) is 0.852. The SMILES string of the molecule is CCOC(=O)N1CCCC(N2CCC(c3ncccn3)CC2)CC1. The minimum absolute atomic E-state index is 0.155. The Hall–Kier alpha value is -1.69. The number of carbonyl (C=O) groups excluding carboxylic acids is 1. The Balaban J connectivity index is 1.49. The lowest BCUT2D eigenvalue weighted by Crippen LogP contribution is -2.42. The third-order valence-corrected chi connectivity index (χ3v) is 5.22. The average Bonchev–Trinajstić information content (AvgIpc) is 2.89. The molecule has 0 aliphatic carbocycles. The number of hydrogen-bond donors (Lipinski definition) is 0. The number of hydrogen-bond acceptors (Lipinski definition) is 5. The summed E-state index contributed by atoms with van der Waals surface area (Å²) in [5.74, 6) is 1.48. The fraction of sp³-hybridized carbons (Fsp3) is 0.722. The number of rotatable bonds is 3. The lowest BCUT2D eigenvalue weighted by atomic mass is 9.93. The largest absolute Gasteiger partial charge is 0.450 e. The summed E-state index contributed by atoms with van der Waals surface area (Å²) in [6, 6.07) is 2.46. The van der Waals surface area contributed by atoms with Crippen molar-refractivity contribution in [1.82, 2.24) is 19.8 Å². The second-order valence-electron chi connectivity index (χ2n) is 6.69. The first kappa shape index (κ1) is 17.1. The van der Waals surface area contributed by atoms with Gasteiger partial charge < -0.3 is 14.5 Å². The molecule has 6 heteroatoms. The highest BCUT2D eigenvalue weighted by Crippen LogP contribution is 2.28. The summed E-state index contributed by atoms with van der Waals surface area (Å²) in [7, 11) is 0. The van der Waals surface area contributed by atoms with Gasteiger partial charge in [0, 0.05) is 37.4 Å². The van der Waals surface area contributed by atoms with Crippen molar-refractivity contribution in [3.63, 3.8) is 0 Å². The molecule has 2 aliphatic heterocycles. The minimum Gasteiger partial charge on any atom is -0.450 e. The van der Waals surface area contributed by atoms with Crippen LogP contribution in [0.15, 0.2) is 18.5 Å². The molecule has 3 rings (SSSR count). The third kappa shape index (κ3) is 4.23. The van der Waals surface area contributed by atoms with Crippen LogP contribution in [-0.2, 0) is 4.74 Å². The number of nitrogens with zero attached hydrogens (tertiary/aromatic N) is 4. The predicted octanol–water partition coefficient (Wildman–Crippen LogP) is 2.67. The lowest BCUT2D eigenvalue weighted by Gasteiger charge is -2.36. The first-order valence-corrected chi connectivity index (χ1v) is 9.20. The molecule has 1 unspecified atom stereocenters. The molecular formula is C18H28N4O2. The van der Waals surface area contributed by atoms with Gasteiger partial charge in [-0.25, -0.2) is 14.8 Å². The van der Waals surface area contributed by atoms with Crippen LogP contribution in [0.1, 0.15) is 50.8 Å². The number of carbonyl (C=O) groups is 1. The zero-order valence-electron chi connectivity index (χ0n) is 14.6. The summed E-state index contributed by atoms with van der Waals surface area (Å²) in [6.45, 7) is 6.15. The lowest BCUT2D eigenvalue weighted by molar-refractivity contribution is 0.105. The van der Waals surface area contributed by atoms with Crippen LogP contribution in [0.25, 0.3) is 0 Å². The second kappa shape index (κ2) is 8.42. The van der Waals surface area contributed by atoms with Crippen LogP contribution in [0.2, 0.25) is 0 Å². The van der Waals surface area contributed by atoms with Gasteiger partial charge in [-0.05, 0) is 58.2 Å². The molecule has 0 aromatic carbocycles. The van der Waals surface area contributed by atoms with Crippen molar-refractivity contribution >= 4 is 6.09 Å². The zero-order chi connectivity index (χ0) is 16.8. The van der Waals surface area contributed by atoms with E-state index >= 15 is 0 Å². The fourth-order valence-electron chi connectivity index (χ4n) is 3.89. The first-order chi connectivity index (χ1) is 11.8. The van der Waals surface area contributed by atoms with Crippen LogP contribution in [0, 0.1) is 0 Å². The maximum absolute atomic E-state index is 11.9. The van der Waals surface area contributed by atoms with Gasteiger partial charge in [0.1, 0.15) is 5.82 Å². The number of ether oxygens (including phenoxy) is 1. The summed E-state index contributed by atoms with van der Waals surface area (Å²) >= 11 is 0. The molecule has 2 aliphatic rings. The molecule has 1 atom stereocenters. The maximum Gasteiger partial charge on any atom is 0.409 e. The zero-order valence-corrected chi connectivity index (χ0v) is 14.6. The Bertz CT molecular complexity index is 517. The number of likely N-dealkylation sites (tertiary alicyclic amines) is 2. The van der Waals surface area contributed by atoms with Crippen LogP contribution in [0.5, 0.6) is 0 Å². The van der Waals surface area contributed by atoms with Gasteiger partial charge in [0.05, 0.1) is 6.61 Å². The molecule has 24 heavy (non-hydrogen) atoms. The molecule has 3 heterocycles. The van der Waals surface area contributed by atoms with Crippen molar-refractivity contribution in [3.05, 3.63) is 24.3 Å². The smallest absolute Gasteiger partial charge is 0.409 e. The van der Waals surface area contributed by atoms with Crippen molar-refractivity contribution in [1.29, 1.82) is 0 Å². The van der Waals surface area contributed by atoms with E-state index in [-0.39, 0.29) is 6.09 Å². The number of piperidine rings is 1. The molecule has 2 saturated heterocycles. The Morgan fingerprint density at radius 3 is 2.58 bits per heavy atom. The second-order valence-corrected chi connectivity index (χ2v) is 6.69. The number of amides is 1. The summed E-state index contributed by atoms with van der Waals surface area (Å²) in [5, 5.41) is 0. The van der Waals surface area contributed by atoms with E-state index in [4.69, 9.17) is 4.74 Å². The van der Waals surface area contributed by atoms with Crippen LogP contribution < -0.4 is 0 Å². The Morgan fingerprint density at radius 1 is 1.12 bits per heavy atom. The van der Waals surface area contributed by atoms with Crippen molar-refractivity contribution in [3.8, 4) is 0 Å². The molecule has 0 radical (unpaired) electrons. The molecule has 0 spiro atoms. The molecule has 0 bridgehead atoms. The molecule has 6 nitrogen and oxygen atoms in total. The van der Waals surface area contributed by atoms with Gasteiger partial charge in [0.15, 0.2) is 0 Å². The molecule has 1 amide bonds. The summed E-state index contributed by atoms with van der Waals surface area (Å²) in [5.41, 5.74) is 0. The average molecular weight is 332 g/mol. The van der Waals surface area contributed by atoms with Gasteiger partial charge in [0.2, 0.25) is 0 Å². The number of aromatic nitrogens is 2. The van der Waals surface area contributed by atoms with E-state index < -0.39 is 0 Å². The van der Waals surface area contributed by atoms with Crippen LogP contribution in [-0.4, -0.2) is 64.7 Å². The maximum atomic E-state index is 11.9. The summed E-state index contributed by atoms with van der Waals surface area (Å²) in [4.78, 5) is 25.2. The minimum atomic E-state index is -0.155. The van der Waals surface area contributed by atoms with Gasteiger partial charge in [-0.3, -0.25) is 0 Å². The van der Waals surface area contributed by atoms with Gasteiger partial charge in [-0.1, -0.05) is 0 Å². The molecule has 2 fully saturated rings. The monoisotopic (exact) mass is 332 g/mol. The Labute approximate surface area is 144 Å². The van der Waals surface area contributed by atoms with E-state index in [1.807, 2.05) is 30.3 Å². The normalized spacial score (nSPS) is 23.7. The highest BCUT2D eigenvalue weighted by Gasteiger charge is 2.29. The van der Waals surface area contributed by atoms with Crippen molar-refractivity contribution in [2.75, 3.05) is 32.8 Å². The van der Waals surface area contributed by atoms with Gasteiger partial charge in [-0.2, -0.15) is 0 Å². The molecule has 1 aromatic rings. The molecule has 132 valence electrons. The molecule has 0 saturated carbocycles. The van der Waals surface area contributed by atoms with Gasteiger partial charge in [0.25, 0.3) is 0 Å². The molecule has 1 aromatic heterocycles. The van der Waals surface area contributed by atoms with E-state index in [0.717, 1.165) is 57.7 Å². The van der Waals surface area contributed by atoms with E-state index in [2.05, 4.69) is 14.9 Å². The van der Waals surface area contributed by atoms with Crippen molar-refractivity contribution in [2.24, 2.45) is 0 Å². The van der Waals surface area contributed by atoms with E-state index in [1.54, 1.807) is 0 Å². The fourth-order valence-corrected chi connectivity index (χ4v) is 3.89. The van der Waals surface area contributed by atoms with Crippen molar-refractivity contribution in [2.45, 2.75) is 51.0 Å². The highest BCUT2D eigenvalue weighted by molar-refractivity contribution is 5.67. The van der Waals surface area contributed by atoms with E-state index in [9.17, 15) is 4.79 Å². The van der Waals surface area contributed by atoms with Crippen LogP contribution in [0.4, 0.5) is 4.79 Å². The van der Waals surface area contributed by atoms with E-state index in [0.29, 0.717) is 18.6 Å². The van der Waals surface area contributed by atoms with Crippen molar-refractivity contribution < 1.29 is 9.53 Å². The van der Waals surface area contributed by atoms with Crippen LogP contribution >= 0.6 is 0 Å². The molecular weight excluding hydrogens is 304 g/mol. The van der Waals surface area contributed by atoms with Gasteiger partial charge in [-0.15, -0.1) is 0 Å². The van der Waals surface area contributed by atoms with Gasteiger partial charge >= 0.3 is 6.09 Å². The summed E-state index contributed by atoms with van der Waals surface area (Å²) in [6.07, 6.45) is 9.05. The molecule has 0 N–H and O–H groups in total. The topological polar surface area (TPSA) is 58.6 Å². The Morgan fingerprint density at radius 2 is 1.88 bits per heavy atom. The Kier molecular flexibility index (Phi) is 6.01. The highest BCUT2D eigenvalue weighted by atomic mass is 16.6. The van der Waals surface area contributed by atoms with Crippen LogP contribution in [0.3, 0.4) is 0 Å². The predicted molar refractivity (Wildman–Crippen MR) is 91.8 cm³/mol. The van der Waals surface area contributed by atoms with E-state index in [1.165, 1.54) is 6.42 Å². The summed E-state index contributed by atoms with van der Waals surface area (Å²) < 4.78 is 5.14.